The Balaban J connectivity index is 2.61. The van der Waals surface area contributed by atoms with Crippen LogP contribution in [0.3, 0.4) is 0 Å². The number of ether oxygens (including phenoxy) is 1. The number of methoxy groups -OCH3 is 1. The number of nitrogens with zero attached hydrogens (tertiary/aromatic N) is 1. The molecule has 0 saturated heterocycles. The molecule has 5 nitrogen and oxygen atoms in total. The minimum Gasteiger partial charge on any atom is -0.481 e. The van der Waals surface area contributed by atoms with E-state index in [1.807, 2.05) is 0 Å². The van der Waals surface area contributed by atoms with E-state index < -0.39 is 15.9 Å². The molecular weight excluding hydrogens is 242 g/mol. The van der Waals surface area contributed by atoms with Gasteiger partial charge in [0.2, 0.25) is 5.88 Å². The molecule has 0 aliphatic heterocycles. The van der Waals surface area contributed by atoms with E-state index in [1.165, 1.54) is 13.4 Å². The zero-order valence-electron chi connectivity index (χ0n) is 9.96. The molecule has 0 aromatic carbocycles. The van der Waals surface area contributed by atoms with Crippen molar-refractivity contribution in [3.63, 3.8) is 0 Å². The first-order chi connectivity index (χ1) is 7.94. The second-order valence-electron chi connectivity index (χ2n) is 3.89. The Morgan fingerprint density at radius 1 is 1.53 bits per heavy atom. The van der Waals surface area contributed by atoms with Crippen LogP contribution in [0.2, 0.25) is 0 Å². The topological polar surface area (TPSA) is 76.5 Å². The Bertz CT molecular complexity index is 458. The summed E-state index contributed by atoms with van der Waals surface area (Å²) in [6, 6.07) is 3.43. The van der Waals surface area contributed by atoms with Crippen molar-refractivity contribution in [2.24, 2.45) is 0 Å². The highest BCUT2D eigenvalue weighted by molar-refractivity contribution is 7.90. The number of sulfone groups is 1. The molecule has 1 rings (SSSR count). The third-order valence-electron chi connectivity index (χ3n) is 2.35. The fourth-order valence-corrected chi connectivity index (χ4v) is 2.21. The Labute approximate surface area is 101 Å². The van der Waals surface area contributed by atoms with Gasteiger partial charge in [0.15, 0.2) is 0 Å². The quantitative estimate of drug-likeness (QED) is 0.823. The van der Waals surface area contributed by atoms with Gasteiger partial charge in [-0.15, -0.1) is 0 Å². The van der Waals surface area contributed by atoms with Crippen molar-refractivity contribution >= 4 is 9.84 Å². The molecule has 96 valence electrons. The van der Waals surface area contributed by atoms with E-state index in [0.717, 1.165) is 0 Å². The van der Waals surface area contributed by atoms with Crippen LogP contribution in [0.25, 0.3) is 0 Å². The summed E-state index contributed by atoms with van der Waals surface area (Å²) in [4.78, 5) is 3.97. The van der Waals surface area contributed by atoms with Crippen LogP contribution in [0.5, 0.6) is 5.88 Å². The van der Waals surface area contributed by atoms with Gasteiger partial charge in [-0.2, -0.15) is 0 Å². The van der Waals surface area contributed by atoms with Crippen LogP contribution in [0.15, 0.2) is 18.3 Å². The molecule has 0 aliphatic rings. The molecule has 1 N–H and O–H groups in total. The monoisotopic (exact) mass is 259 g/mol. The predicted molar refractivity (Wildman–Crippen MR) is 64.7 cm³/mol. The van der Waals surface area contributed by atoms with Crippen LogP contribution in [0, 0.1) is 0 Å². The molecule has 1 atom stereocenters. The van der Waals surface area contributed by atoms with Gasteiger partial charge in [-0.3, -0.25) is 0 Å². The van der Waals surface area contributed by atoms with Crippen molar-refractivity contribution in [1.82, 2.24) is 4.98 Å². The highest BCUT2D eigenvalue weighted by atomic mass is 32.2. The van der Waals surface area contributed by atoms with Crippen LogP contribution < -0.4 is 4.74 Å². The number of hydrogen-bond acceptors (Lipinski definition) is 5. The average molecular weight is 259 g/mol. The molecule has 0 aliphatic carbocycles. The molecule has 0 spiro atoms. The van der Waals surface area contributed by atoms with Crippen LogP contribution in [-0.4, -0.2) is 37.6 Å². The van der Waals surface area contributed by atoms with E-state index in [4.69, 9.17) is 4.74 Å². The van der Waals surface area contributed by atoms with Crippen LogP contribution in [0.4, 0.5) is 0 Å². The zero-order chi connectivity index (χ0) is 12.9. The maximum atomic E-state index is 11.0. The lowest BCUT2D eigenvalue weighted by molar-refractivity contribution is 0.161. The van der Waals surface area contributed by atoms with Crippen molar-refractivity contribution in [3.05, 3.63) is 23.9 Å². The van der Waals surface area contributed by atoms with Gasteiger partial charge in [-0.05, 0) is 25.0 Å². The maximum Gasteiger partial charge on any atom is 0.218 e. The first kappa shape index (κ1) is 13.9. The van der Waals surface area contributed by atoms with Crippen LogP contribution >= 0.6 is 0 Å². The summed E-state index contributed by atoms with van der Waals surface area (Å²) in [5.41, 5.74) is 0.587. The highest BCUT2D eigenvalue weighted by Gasteiger charge is 2.14. The third-order valence-corrected chi connectivity index (χ3v) is 3.38. The summed E-state index contributed by atoms with van der Waals surface area (Å²) in [6.07, 6.45) is 2.79. The Morgan fingerprint density at radius 3 is 2.82 bits per heavy atom. The molecule has 6 heteroatoms. The van der Waals surface area contributed by atoms with E-state index >= 15 is 0 Å². The molecule has 1 heterocycles. The van der Waals surface area contributed by atoms with E-state index in [0.29, 0.717) is 24.3 Å². The fraction of sp³-hybridized carbons (Fsp3) is 0.545. The van der Waals surface area contributed by atoms with Gasteiger partial charge < -0.3 is 9.84 Å². The lowest BCUT2D eigenvalue weighted by atomic mass is 10.1. The normalized spacial score (nSPS) is 13.4. The lowest BCUT2D eigenvalue weighted by Gasteiger charge is -2.13. The second-order valence-corrected chi connectivity index (χ2v) is 6.15. The average Bonchev–Trinajstić information content (AvgIpc) is 2.27. The van der Waals surface area contributed by atoms with Crippen molar-refractivity contribution in [1.29, 1.82) is 0 Å². The summed E-state index contributed by atoms with van der Waals surface area (Å²) in [6.45, 7) is 0. The van der Waals surface area contributed by atoms with Crippen molar-refractivity contribution in [2.75, 3.05) is 19.1 Å². The van der Waals surface area contributed by atoms with Crippen molar-refractivity contribution in [3.8, 4) is 5.88 Å². The van der Waals surface area contributed by atoms with E-state index in [-0.39, 0.29) is 5.75 Å². The van der Waals surface area contributed by atoms with Crippen LogP contribution in [0.1, 0.15) is 24.5 Å². The summed E-state index contributed by atoms with van der Waals surface area (Å²) in [5.74, 6) is 0.450. The molecule has 1 aromatic rings. The number of aliphatic hydroxyl groups excluding tert-OH is 1. The summed E-state index contributed by atoms with van der Waals surface area (Å²) in [7, 11) is -1.49. The number of aliphatic hydroxyl groups is 1. The van der Waals surface area contributed by atoms with E-state index in [2.05, 4.69) is 4.98 Å². The number of aromatic nitrogens is 1. The molecule has 0 amide bonds. The third kappa shape index (κ3) is 4.70. The minimum atomic E-state index is -2.98. The maximum absolute atomic E-state index is 11.0. The standard InChI is InChI=1S/C11H17NO4S/c1-16-11-9(5-3-7-12-11)10(13)6-4-8-17(2,14)15/h3,5,7,10,13H,4,6,8H2,1-2H3. The van der Waals surface area contributed by atoms with Gasteiger partial charge in [-0.1, -0.05) is 0 Å². The molecule has 17 heavy (non-hydrogen) atoms. The van der Waals surface area contributed by atoms with Crippen LogP contribution in [-0.2, 0) is 9.84 Å². The summed E-state index contributed by atoms with van der Waals surface area (Å²) >= 11 is 0. The van der Waals surface area contributed by atoms with Gasteiger partial charge in [0.25, 0.3) is 0 Å². The van der Waals surface area contributed by atoms with E-state index in [9.17, 15) is 13.5 Å². The first-order valence-corrected chi connectivity index (χ1v) is 7.35. The Hall–Kier alpha value is -1.14. The lowest BCUT2D eigenvalue weighted by Crippen LogP contribution is -2.07. The largest absolute Gasteiger partial charge is 0.481 e. The predicted octanol–water partition coefficient (Wildman–Crippen LogP) is 0.948. The highest BCUT2D eigenvalue weighted by Crippen LogP contribution is 2.25. The molecule has 0 bridgehead atoms. The number of rotatable bonds is 6. The van der Waals surface area contributed by atoms with Gasteiger partial charge in [0, 0.05) is 23.8 Å². The molecular formula is C11H17NO4S. The van der Waals surface area contributed by atoms with Gasteiger partial charge in [-0.25, -0.2) is 13.4 Å². The smallest absolute Gasteiger partial charge is 0.218 e. The molecule has 1 aromatic heterocycles. The number of hydrogen-bond donors (Lipinski definition) is 1. The zero-order valence-corrected chi connectivity index (χ0v) is 10.8. The van der Waals surface area contributed by atoms with Crippen molar-refractivity contribution < 1.29 is 18.3 Å². The first-order valence-electron chi connectivity index (χ1n) is 5.28. The molecule has 1 unspecified atom stereocenters. The van der Waals surface area contributed by atoms with E-state index in [1.54, 1.807) is 18.3 Å². The molecule has 0 fully saturated rings. The van der Waals surface area contributed by atoms with Crippen molar-refractivity contribution in [2.45, 2.75) is 18.9 Å². The van der Waals surface area contributed by atoms with Gasteiger partial charge in [0.1, 0.15) is 9.84 Å². The van der Waals surface area contributed by atoms with Gasteiger partial charge in [0.05, 0.1) is 13.2 Å². The van der Waals surface area contributed by atoms with Gasteiger partial charge >= 0.3 is 0 Å². The second kappa shape index (κ2) is 5.97. The Kier molecular flexibility index (Phi) is 4.89. The summed E-state index contributed by atoms with van der Waals surface area (Å²) in [5, 5.41) is 9.91. The number of pyridine rings is 1. The molecule has 0 radical (unpaired) electrons. The fourth-order valence-electron chi connectivity index (χ4n) is 1.52. The minimum absolute atomic E-state index is 0.0760. The molecule has 0 saturated carbocycles. The summed E-state index contributed by atoms with van der Waals surface area (Å²) < 4.78 is 26.9. The SMILES string of the molecule is COc1ncccc1C(O)CCCS(C)(=O)=O. The Morgan fingerprint density at radius 2 is 2.24 bits per heavy atom.